The third kappa shape index (κ3) is 14.4. The van der Waals surface area contributed by atoms with Crippen molar-refractivity contribution in [1.29, 1.82) is 0 Å². The number of alkyl halides is 3. The summed E-state index contributed by atoms with van der Waals surface area (Å²) in [7, 11) is -9.18. The van der Waals surface area contributed by atoms with Crippen LogP contribution in [-0.2, 0) is 32.7 Å². The van der Waals surface area contributed by atoms with Crippen LogP contribution in [0.5, 0.6) is 0 Å². The first-order valence-corrected chi connectivity index (χ1v) is 25.2. The van der Waals surface area contributed by atoms with E-state index in [-0.39, 0.29) is 40.8 Å². The number of rotatable bonds is 20. The lowest BCUT2D eigenvalue weighted by Gasteiger charge is -2.40. The van der Waals surface area contributed by atoms with Gasteiger partial charge in [-0.15, -0.1) is 0 Å². The van der Waals surface area contributed by atoms with Crippen LogP contribution in [0.3, 0.4) is 0 Å². The van der Waals surface area contributed by atoms with Gasteiger partial charge >= 0.3 is 21.6 Å². The molecule has 0 aromatic carbocycles. The predicted molar refractivity (Wildman–Crippen MR) is 197 cm³/mol. The second kappa shape index (κ2) is 18.6. The Morgan fingerprint density at radius 3 is 2.02 bits per heavy atom. The molecular weight excluding hydrogens is 690 g/mol. The number of esters is 1. The maximum atomic E-state index is 13.6. The Labute approximate surface area is 298 Å². The number of methoxy groups -OCH3 is 1. The molecule has 1 aliphatic rings. The molecule has 1 rings (SSSR count). The van der Waals surface area contributed by atoms with E-state index >= 15 is 0 Å². The van der Waals surface area contributed by atoms with Crippen molar-refractivity contribution in [3.8, 4) is 0 Å². The lowest BCUT2D eigenvalue weighted by atomic mass is 9.92. The normalized spacial score (nSPS) is 19.8. The lowest BCUT2D eigenvalue weighted by Crippen LogP contribution is -2.45. The minimum atomic E-state index is -5.88. The van der Waals surface area contributed by atoms with Gasteiger partial charge in [-0.1, -0.05) is 99.6 Å². The molecule has 0 aliphatic heterocycles. The van der Waals surface area contributed by atoms with Crippen molar-refractivity contribution in [3.05, 3.63) is 23.5 Å². The smallest absolute Gasteiger partial charge is 0.469 e. The molecule has 0 bridgehead atoms. The van der Waals surface area contributed by atoms with Crippen LogP contribution in [0, 0.1) is 11.8 Å². The predicted octanol–water partition coefficient (Wildman–Crippen LogP) is 11.2. The van der Waals surface area contributed by atoms with E-state index in [2.05, 4.69) is 81.6 Å². The fraction of sp³-hybridized carbons (Fsp3) is 0.861. The molecule has 0 aromatic rings. The summed E-state index contributed by atoms with van der Waals surface area (Å²) in [5.41, 5.74) is -5.04. The molecule has 49 heavy (non-hydrogen) atoms. The van der Waals surface area contributed by atoms with E-state index in [9.17, 15) is 26.4 Å². The number of halogens is 3. The van der Waals surface area contributed by atoms with Crippen LogP contribution in [0.4, 0.5) is 13.2 Å². The SMILES string of the molecule is CCCC[C@@H](C)C[C@@H](/C=C/[C@@H]1C(CCCCCCC(=O)OC)=C(OS(=O)(=O)C(F)(F)F)C[C@H]1O[Si](C)(C)C(C)(C)C)O[Si](C)(C)C(C)(C)C. The first kappa shape index (κ1) is 45.9. The Kier molecular flexibility index (Phi) is 17.4. The summed E-state index contributed by atoms with van der Waals surface area (Å²) in [5.74, 6) is -0.554. The Bertz CT molecular complexity index is 1220. The van der Waals surface area contributed by atoms with Crippen LogP contribution in [-0.4, -0.2) is 55.8 Å². The van der Waals surface area contributed by atoms with Gasteiger partial charge in [-0.3, -0.25) is 4.79 Å². The van der Waals surface area contributed by atoms with Crippen molar-refractivity contribution < 1.29 is 44.2 Å². The van der Waals surface area contributed by atoms with E-state index in [1.54, 1.807) is 0 Å². The van der Waals surface area contributed by atoms with Gasteiger partial charge in [-0.25, -0.2) is 0 Å². The number of hydrogen-bond acceptors (Lipinski definition) is 7. The summed E-state index contributed by atoms with van der Waals surface area (Å²) >= 11 is 0. The first-order chi connectivity index (χ1) is 22.2. The van der Waals surface area contributed by atoms with Crippen molar-refractivity contribution >= 4 is 32.7 Å². The largest absolute Gasteiger partial charge is 0.534 e. The molecule has 0 saturated carbocycles. The Morgan fingerprint density at radius 2 is 1.51 bits per heavy atom. The van der Waals surface area contributed by atoms with Crippen molar-refractivity contribution in [2.24, 2.45) is 11.8 Å². The fourth-order valence-electron chi connectivity index (χ4n) is 5.41. The average molecular weight is 757 g/mol. The van der Waals surface area contributed by atoms with Crippen LogP contribution in [0.2, 0.25) is 36.3 Å². The highest BCUT2D eigenvalue weighted by molar-refractivity contribution is 7.87. The third-order valence-electron chi connectivity index (χ3n) is 10.6. The summed E-state index contributed by atoms with van der Waals surface area (Å²) in [4.78, 5) is 11.5. The van der Waals surface area contributed by atoms with E-state index in [1.165, 1.54) is 7.11 Å². The van der Waals surface area contributed by atoms with E-state index in [4.69, 9.17) is 17.8 Å². The van der Waals surface area contributed by atoms with E-state index in [1.807, 2.05) is 12.2 Å². The minimum Gasteiger partial charge on any atom is -0.469 e. The zero-order chi connectivity index (χ0) is 38.1. The third-order valence-corrected chi connectivity index (χ3v) is 20.6. The molecule has 0 saturated heterocycles. The van der Waals surface area contributed by atoms with Gasteiger partial charge < -0.3 is 17.8 Å². The Morgan fingerprint density at radius 1 is 0.939 bits per heavy atom. The van der Waals surface area contributed by atoms with Crippen LogP contribution < -0.4 is 0 Å². The van der Waals surface area contributed by atoms with Crippen LogP contribution in [0.25, 0.3) is 0 Å². The van der Waals surface area contributed by atoms with Gasteiger partial charge in [-0.2, -0.15) is 21.6 Å². The highest BCUT2D eigenvalue weighted by Gasteiger charge is 2.51. The maximum absolute atomic E-state index is 13.6. The monoisotopic (exact) mass is 756 g/mol. The Balaban J connectivity index is 3.68. The summed E-state index contributed by atoms with van der Waals surface area (Å²) in [5, 5.41) is -0.218. The Hall–Kier alpha value is -1.16. The van der Waals surface area contributed by atoms with Crippen LogP contribution in [0.1, 0.15) is 126 Å². The zero-order valence-corrected chi connectivity index (χ0v) is 35.5. The molecule has 1 aliphatic carbocycles. The molecule has 0 radical (unpaired) electrons. The first-order valence-electron chi connectivity index (χ1n) is 18.0. The van der Waals surface area contributed by atoms with E-state index < -0.39 is 44.3 Å². The van der Waals surface area contributed by atoms with Gasteiger partial charge in [0.1, 0.15) is 5.76 Å². The average Bonchev–Trinajstić information content (AvgIpc) is 3.23. The molecule has 0 spiro atoms. The highest BCUT2D eigenvalue weighted by Crippen LogP contribution is 2.46. The number of carbonyl (C=O) groups is 1. The molecule has 7 nitrogen and oxygen atoms in total. The number of carbonyl (C=O) groups excluding carboxylic acids is 1. The van der Waals surface area contributed by atoms with Crippen molar-refractivity contribution in [1.82, 2.24) is 0 Å². The van der Waals surface area contributed by atoms with Crippen molar-refractivity contribution in [2.75, 3.05) is 7.11 Å². The van der Waals surface area contributed by atoms with Crippen LogP contribution in [0.15, 0.2) is 23.5 Å². The molecule has 0 unspecified atom stereocenters. The number of ether oxygens (including phenoxy) is 1. The van der Waals surface area contributed by atoms with Crippen molar-refractivity contribution in [3.63, 3.8) is 0 Å². The molecule has 0 N–H and O–H groups in total. The zero-order valence-electron chi connectivity index (χ0n) is 32.6. The van der Waals surface area contributed by atoms with E-state index in [0.717, 1.165) is 32.1 Å². The van der Waals surface area contributed by atoms with Gasteiger partial charge in [0, 0.05) is 18.8 Å². The fourth-order valence-corrected chi connectivity index (χ4v) is 8.57. The van der Waals surface area contributed by atoms with Gasteiger partial charge in [0.15, 0.2) is 16.6 Å². The molecule has 288 valence electrons. The number of hydrogen-bond donors (Lipinski definition) is 0. The molecule has 4 atom stereocenters. The van der Waals surface area contributed by atoms with E-state index in [0.29, 0.717) is 37.2 Å². The topological polar surface area (TPSA) is 88.1 Å². The van der Waals surface area contributed by atoms with Crippen molar-refractivity contribution in [2.45, 2.75) is 180 Å². The highest BCUT2D eigenvalue weighted by atomic mass is 32.2. The molecular formula is C36H67F3O7SSi2. The standard InChI is InChI=1S/C36H67F3O7SSi2/c1-14-15-20-27(2)25-28(45-48(10,11)34(3,4)5)23-24-30-29(21-18-16-17-19-22-33(40)43-9)31(44-47(41,42)36(37,38)39)26-32(30)46-49(12,13)35(6,7)8/h23-24,27-28,30,32H,14-22,25-26H2,1-13H3/b24-23+/t27-,28-,30-,32-/m1/s1. The summed E-state index contributed by atoms with van der Waals surface area (Å²) < 4.78 is 89.0. The number of unbranched alkanes of at least 4 members (excludes halogenated alkanes) is 4. The van der Waals surface area contributed by atoms with Gasteiger partial charge in [-0.05, 0) is 73.4 Å². The van der Waals surface area contributed by atoms with Crippen LogP contribution >= 0.6 is 0 Å². The summed E-state index contributed by atoms with van der Waals surface area (Å²) in [6.07, 6.45) is 10.5. The molecule has 0 fully saturated rings. The molecule has 0 heterocycles. The second-order valence-electron chi connectivity index (χ2n) is 16.9. The van der Waals surface area contributed by atoms with Gasteiger partial charge in [0.25, 0.3) is 0 Å². The van der Waals surface area contributed by atoms with Gasteiger partial charge in [0.05, 0.1) is 19.3 Å². The quantitative estimate of drug-likeness (QED) is 0.0305. The minimum absolute atomic E-state index is 0.0288. The summed E-state index contributed by atoms with van der Waals surface area (Å²) in [6.45, 7) is 25.8. The molecule has 0 aromatic heterocycles. The van der Waals surface area contributed by atoms with Gasteiger partial charge in [0.2, 0.25) is 0 Å². The molecule has 0 amide bonds. The molecule has 13 heteroatoms. The maximum Gasteiger partial charge on any atom is 0.534 e. The second-order valence-corrected chi connectivity index (χ2v) is 27.9. The lowest BCUT2D eigenvalue weighted by molar-refractivity contribution is -0.140. The summed E-state index contributed by atoms with van der Waals surface area (Å²) in [6, 6.07) is 0.